The first kappa shape index (κ1) is 14.0. The number of hydrogen-bond acceptors (Lipinski definition) is 4. The van der Waals surface area contributed by atoms with E-state index < -0.39 is 10.9 Å². The highest BCUT2D eigenvalue weighted by molar-refractivity contribution is 9.10. The lowest BCUT2D eigenvalue weighted by molar-refractivity contribution is -0.385. The summed E-state index contributed by atoms with van der Waals surface area (Å²) in [5.74, 6) is -0.0797. The van der Waals surface area contributed by atoms with Crippen molar-refractivity contribution in [3.05, 3.63) is 38.3 Å². The summed E-state index contributed by atoms with van der Waals surface area (Å²) in [6.07, 6.45) is 4.54. The SMILES string of the molecule is O=C(OCC1CCCC1)c1cccc([N+](=O)[O-])c1Br. The van der Waals surface area contributed by atoms with Crippen molar-refractivity contribution in [1.82, 2.24) is 0 Å². The number of nitrogens with zero attached hydrogens (tertiary/aromatic N) is 1. The number of esters is 1. The number of benzene rings is 1. The van der Waals surface area contributed by atoms with Gasteiger partial charge in [-0.1, -0.05) is 18.9 Å². The van der Waals surface area contributed by atoms with Crippen molar-refractivity contribution in [2.45, 2.75) is 25.7 Å². The number of ether oxygens (including phenoxy) is 1. The maximum Gasteiger partial charge on any atom is 0.339 e. The van der Waals surface area contributed by atoms with E-state index >= 15 is 0 Å². The van der Waals surface area contributed by atoms with Gasteiger partial charge in [0.2, 0.25) is 0 Å². The van der Waals surface area contributed by atoms with Gasteiger partial charge in [-0.2, -0.15) is 0 Å². The van der Waals surface area contributed by atoms with E-state index in [4.69, 9.17) is 4.74 Å². The minimum absolute atomic E-state index is 0.129. The van der Waals surface area contributed by atoms with E-state index in [9.17, 15) is 14.9 Å². The molecule has 1 fully saturated rings. The Hall–Kier alpha value is -1.43. The van der Waals surface area contributed by atoms with Gasteiger partial charge in [0.25, 0.3) is 5.69 Å². The summed E-state index contributed by atoms with van der Waals surface area (Å²) in [7, 11) is 0. The molecule has 5 nitrogen and oxygen atoms in total. The van der Waals surface area contributed by atoms with Gasteiger partial charge in [-0.05, 0) is 40.8 Å². The highest BCUT2D eigenvalue weighted by Crippen LogP contribution is 2.29. The molecule has 6 heteroatoms. The summed E-state index contributed by atoms with van der Waals surface area (Å²) in [6, 6.07) is 4.35. The van der Waals surface area contributed by atoms with Gasteiger partial charge in [0.1, 0.15) is 4.47 Å². The maximum atomic E-state index is 11.9. The fourth-order valence-corrected chi connectivity index (χ4v) is 2.84. The van der Waals surface area contributed by atoms with E-state index in [1.165, 1.54) is 31.0 Å². The van der Waals surface area contributed by atoms with Crippen LogP contribution >= 0.6 is 15.9 Å². The molecule has 1 saturated carbocycles. The molecular weight excluding hydrogens is 314 g/mol. The monoisotopic (exact) mass is 327 g/mol. The van der Waals surface area contributed by atoms with Crippen molar-refractivity contribution >= 4 is 27.6 Å². The van der Waals surface area contributed by atoms with Crippen LogP contribution in [0.2, 0.25) is 0 Å². The Kier molecular flexibility index (Phi) is 4.52. The highest BCUT2D eigenvalue weighted by Gasteiger charge is 2.22. The number of carbonyl (C=O) groups excluding carboxylic acids is 1. The van der Waals surface area contributed by atoms with Crippen LogP contribution in [-0.2, 0) is 4.74 Å². The van der Waals surface area contributed by atoms with Gasteiger partial charge in [0, 0.05) is 6.07 Å². The average molecular weight is 328 g/mol. The Morgan fingerprint density at radius 3 is 2.74 bits per heavy atom. The first-order valence-corrected chi connectivity index (χ1v) is 6.99. The van der Waals surface area contributed by atoms with Gasteiger partial charge in [0.15, 0.2) is 0 Å². The molecule has 102 valence electrons. The van der Waals surface area contributed by atoms with Crippen molar-refractivity contribution in [2.75, 3.05) is 6.61 Å². The summed E-state index contributed by atoms with van der Waals surface area (Å²) in [4.78, 5) is 22.2. The number of nitro benzene ring substituents is 1. The van der Waals surface area contributed by atoms with Crippen molar-refractivity contribution in [3.63, 3.8) is 0 Å². The Labute approximate surface area is 119 Å². The Bertz CT molecular complexity index is 497. The molecule has 19 heavy (non-hydrogen) atoms. The largest absolute Gasteiger partial charge is 0.462 e. The molecule has 1 aromatic carbocycles. The van der Waals surface area contributed by atoms with Crippen LogP contribution in [0.15, 0.2) is 22.7 Å². The predicted octanol–water partition coefficient (Wildman–Crippen LogP) is 3.70. The smallest absolute Gasteiger partial charge is 0.339 e. The van der Waals surface area contributed by atoms with Gasteiger partial charge >= 0.3 is 5.97 Å². The van der Waals surface area contributed by atoms with Crippen LogP contribution in [0.5, 0.6) is 0 Å². The van der Waals surface area contributed by atoms with Crippen LogP contribution in [0.3, 0.4) is 0 Å². The van der Waals surface area contributed by atoms with Crippen LogP contribution in [0, 0.1) is 16.0 Å². The average Bonchev–Trinajstić information content (AvgIpc) is 2.89. The number of nitro groups is 1. The van der Waals surface area contributed by atoms with Gasteiger partial charge < -0.3 is 4.74 Å². The van der Waals surface area contributed by atoms with E-state index in [0.717, 1.165) is 12.8 Å². The maximum absolute atomic E-state index is 11.9. The third kappa shape index (κ3) is 3.32. The minimum Gasteiger partial charge on any atom is -0.462 e. The summed E-state index contributed by atoms with van der Waals surface area (Å²) in [6.45, 7) is 0.397. The van der Waals surface area contributed by atoms with Crippen molar-refractivity contribution in [2.24, 2.45) is 5.92 Å². The standard InChI is InChI=1S/C13H14BrNO4/c14-12-10(6-3-7-11(12)15(17)18)13(16)19-8-9-4-1-2-5-9/h3,6-7,9H,1-2,4-5,8H2. The van der Waals surface area contributed by atoms with Gasteiger partial charge in [-0.3, -0.25) is 10.1 Å². The van der Waals surface area contributed by atoms with Gasteiger partial charge in [0.05, 0.1) is 17.1 Å². The van der Waals surface area contributed by atoms with E-state index in [1.54, 1.807) is 0 Å². The number of hydrogen-bond donors (Lipinski definition) is 0. The topological polar surface area (TPSA) is 69.4 Å². The van der Waals surface area contributed by atoms with E-state index in [0.29, 0.717) is 12.5 Å². The zero-order valence-corrected chi connectivity index (χ0v) is 11.9. The lowest BCUT2D eigenvalue weighted by atomic mass is 10.1. The molecule has 0 atom stereocenters. The zero-order chi connectivity index (χ0) is 13.8. The molecule has 0 bridgehead atoms. The van der Waals surface area contributed by atoms with Gasteiger partial charge in [-0.25, -0.2) is 4.79 Å². The van der Waals surface area contributed by atoms with Crippen LogP contribution < -0.4 is 0 Å². The third-order valence-corrected chi connectivity index (χ3v) is 4.15. The molecule has 0 heterocycles. The summed E-state index contributed by atoms with van der Waals surface area (Å²) < 4.78 is 5.41. The quantitative estimate of drug-likeness (QED) is 0.480. The molecule has 0 radical (unpaired) electrons. The third-order valence-electron chi connectivity index (χ3n) is 3.32. The molecule has 1 aliphatic carbocycles. The molecule has 0 aromatic heterocycles. The van der Waals surface area contributed by atoms with Crippen LogP contribution in [0.1, 0.15) is 36.0 Å². The Balaban J connectivity index is 2.06. The summed E-state index contributed by atoms with van der Waals surface area (Å²) in [5, 5.41) is 10.8. The predicted molar refractivity (Wildman–Crippen MR) is 73.0 cm³/mol. The van der Waals surface area contributed by atoms with Crippen molar-refractivity contribution in [1.29, 1.82) is 0 Å². The molecular formula is C13H14BrNO4. The minimum atomic E-state index is -0.530. The number of halogens is 1. The van der Waals surface area contributed by atoms with Crippen molar-refractivity contribution < 1.29 is 14.5 Å². The Morgan fingerprint density at radius 1 is 1.42 bits per heavy atom. The Morgan fingerprint density at radius 2 is 2.11 bits per heavy atom. The summed E-state index contributed by atoms with van der Waals surface area (Å²) >= 11 is 3.09. The van der Waals surface area contributed by atoms with Gasteiger partial charge in [-0.15, -0.1) is 0 Å². The molecule has 0 amide bonds. The first-order chi connectivity index (χ1) is 9.09. The van der Waals surface area contributed by atoms with Crippen molar-refractivity contribution in [3.8, 4) is 0 Å². The van der Waals surface area contributed by atoms with Crippen LogP contribution in [0.25, 0.3) is 0 Å². The molecule has 0 unspecified atom stereocenters. The molecule has 0 spiro atoms. The van der Waals surface area contributed by atoms with E-state index in [1.807, 2.05) is 0 Å². The highest BCUT2D eigenvalue weighted by atomic mass is 79.9. The number of rotatable bonds is 4. The number of carbonyl (C=O) groups is 1. The molecule has 0 N–H and O–H groups in total. The second kappa shape index (κ2) is 6.14. The zero-order valence-electron chi connectivity index (χ0n) is 10.3. The molecule has 1 aliphatic rings. The second-order valence-corrected chi connectivity index (χ2v) is 5.44. The molecule has 2 rings (SSSR count). The first-order valence-electron chi connectivity index (χ1n) is 6.19. The second-order valence-electron chi connectivity index (χ2n) is 4.64. The fraction of sp³-hybridized carbons (Fsp3) is 0.462. The van der Waals surface area contributed by atoms with E-state index in [-0.39, 0.29) is 15.7 Å². The molecule has 0 saturated heterocycles. The fourth-order valence-electron chi connectivity index (χ4n) is 2.27. The van der Waals surface area contributed by atoms with Crippen LogP contribution in [0.4, 0.5) is 5.69 Å². The molecule has 1 aromatic rings. The van der Waals surface area contributed by atoms with Crippen LogP contribution in [-0.4, -0.2) is 17.5 Å². The summed E-state index contributed by atoms with van der Waals surface area (Å²) in [5.41, 5.74) is 0.0718. The molecule has 0 aliphatic heterocycles. The lowest BCUT2D eigenvalue weighted by Gasteiger charge is -2.10. The van der Waals surface area contributed by atoms with E-state index in [2.05, 4.69) is 15.9 Å². The normalized spacial score (nSPS) is 15.4. The lowest BCUT2D eigenvalue weighted by Crippen LogP contribution is -2.13.